The quantitative estimate of drug-likeness (QED) is 0.548. The number of urea groups is 1. The first-order chi connectivity index (χ1) is 17.0. The number of nitriles is 1. The van der Waals surface area contributed by atoms with Crippen molar-refractivity contribution in [1.29, 1.82) is 5.26 Å². The summed E-state index contributed by atoms with van der Waals surface area (Å²) in [4.78, 5) is 28.3. The van der Waals surface area contributed by atoms with E-state index in [1.165, 1.54) is 11.5 Å². The second-order valence-corrected chi connectivity index (χ2v) is 10.0. The van der Waals surface area contributed by atoms with Crippen molar-refractivity contribution in [2.24, 2.45) is 5.92 Å². The molecule has 3 unspecified atom stereocenters. The van der Waals surface area contributed by atoms with E-state index in [9.17, 15) is 20.1 Å². The van der Waals surface area contributed by atoms with Crippen LogP contribution in [-0.4, -0.2) is 77.6 Å². The number of amides is 3. The molecule has 2 aliphatic heterocycles. The van der Waals surface area contributed by atoms with Crippen LogP contribution in [0.15, 0.2) is 30.3 Å². The number of carbonyl (C=O) groups excluding carboxylic acids is 2. The molecule has 3 atom stereocenters. The van der Waals surface area contributed by atoms with Crippen LogP contribution in [-0.2, 0) is 16.0 Å². The van der Waals surface area contributed by atoms with Gasteiger partial charge in [0.1, 0.15) is 11.6 Å². The zero-order chi connectivity index (χ0) is 24.7. The maximum absolute atomic E-state index is 13.6. The second kappa shape index (κ2) is 11.8. The second-order valence-electron chi connectivity index (χ2n) is 10.0. The fourth-order valence-corrected chi connectivity index (χ4v) is 5.59. The van der Waals surface area contributed by atoms with Gasteiger partial charge in [-0.2, -0.15) is 10.3 Å². The van der Waals surface area contributed by atoms with E-state index in [0.29, 0.717) is 58.0 Å². The minimum atomic E-state index is -1.24. The van der Waals surface area contributed by atoms with Gasteiger partial charge in [0, 0.05) is 26.1 Å². The minimum Gasteiger partial charge on any atom is -0.378 e. The van der Waals surface area contributed by atoms with Gasteiger partial charge < -0.3 is 25.5 Å². The van der Waals surface area contributed by atoms with Gasteiger partial charge >= 0.3 is 6.03 Å². The Morgan fingerprint density at radius 2 is 1.86 bits per heavy atom. The van der Waals surface area contributed by atoms with E-state index < -0.39 is 17.6 Å². The standard InChI is InChI=1S/C26H37N5O4/c27-19-26(11-12-31(34)23(26)18-21-9-5-2-6-10-21)29-24(32)22(17-20-7-3-1-4-8-20)28-25(33)30-13-15-35-16-14-30/h2,5-6,9-10,20,22-23,34H,1,3-4,7-8,11-18H2,(H,28,33)(H,29,32). The Labute approximate surface area is 207 Å². The zero-order valence-corrected chi connectivity index (χ0v) is 20.3. The SMILES string of the molecule is N#CC1(NC(=O)C(CC2CCCCC2)NC(=O)N2CCOCC2)CCN(O)C1Cc1ccccc1. The van der Waals surface area contributed by atoms with Crippen molar-refractivity contribution in [3.8, 4) is 6.07 Å². The lowest BCUT2D eigenvalue weighted by atomic mass is 9.83. The van der Waals surface area contributed by atoms with Gasteiger partial charge in [0.2, 0.25) is 5.91 Å². The molecule has 1 aromatic rings. The van der Waals surface area contributed by atoms with Crippen LogP contribution in [0.4, 0.5) is 4.79 Å². The molecule has 190 valence electrons. The summed E-state index contributed by atoms with van der Waals surface area (Å²) in [5, 5.41) is 27.9. The zero-order valence-electron chi connectivity index (χ0n) is 20.3. The summed E-state index contributed by atoms with van der Waals surface area (Å²) in [7, 11) is 0. The van der Waals surface area contributed by atoms with E-state index in [1.807, 2.05) is 30.3 Å². The predicted molar refractivity (Wildman–Crippen MR) is 129 cm³/mol. The average Bonchev–Trinajstić information content (AvgIpc) is 3.20. The molecule has 2 saturated heterocycles. The fourth-order valence-electron chi connectivity index (χ4n) is 5.59. The Balaban J connectivity index is 1.49. The molecule has 1 aromatic carbocycles. The molecule has 3 aliphatic rings. The number of nitrogens with one attached hydrogen (secondary N) is 2. The van der Waals surface area contributed by atoms with Crippen LogP contribution in [0, 0.1) is 17.2 Å². The third-order valence-corrected chi connectivity index (χ3v) is 7.69. The van der Waals surface area contributed by atoms with Crippen LogP contribution < -0.4 is 10.6 Å². The van der Waals surface area contributed by atoms with Crippen LogP contribution >= 0.6 is 0 Å². The Bertz CT molecular complexity index is 895. The molecule has 0 aromatic heterocycles. The number of benzene rings is 1. The third kappa shape index (κ3) is 6.31. The van der Waals surface area contributed by atoms with Crippen LogP contribution in [0.25, 0.3) is 0 Å². The number of morpholine rings is 1. The van der Waals surface area contributed by atoms with Crippen molar-refractivity contribution in [3.63, 3.8) is 0 Å². The largest absolute Gasteiger partial charge is 0.378 e. The number of ether oxygens (including phenoxy) is 1. The number of hydrogen-bond donors (Lipinski definition) is 3. The molecule has 1 saturated carbocycles. The van der Waals surface area contributed by atoms with Crippen LogP contribution in [0.5, 0.6) is 0 Å². The van der Waals surface area contributed by atoms with E-state index in [0.717, 1.165) is 31.2 Å². The van der Waals surface area contributed by atoms with E-state index in [4.69, 9.17) is 4.74 Å². The van der Waals surface area contributed by atoms with Crippen molar-refractivity contribution in [1.82, 2.24) is 20.6 Å². The molecule has 1 aliphatic carbocycles. The molecule has 3 fully saturated rings. The van der Waals surface area contributed by atoms with Crippen LogP contribution in [0.1, 0.15) is 50.5 Å². The Kier molecular flexibility index (Phi) is 8.60. The maximum atomic E-state index is 13.6. The molecule has 4 rings (SSSR count). The number of rotatable bonds is 7. The highest BCUT2D eigenvalue weighted by Gasteiger charge is 2.49. The van der Waals surface area contributed by atoms with Gasteiger partial charge in [-0.1, -0.05) is 62.4 Å². The topological polar surface area (TPSA) is 118 Å². The molecule has 3 amide bonds. The first kappa shape index (κ1) is 25.4. The monoisotopic (exact) mass is 483 g/mol. The number of hydrogen-bond acceptors (Lipinski definition) is 6. The van der Waals surface area contributed by atoms with E-state index in [-0.39, 0.29) is 11.9 Å². The number of carbonyl (C=O) groups is 2. The van der Waals surface area contributed by atoms with E-state index >= 15 is 0 Å². The van der Waals surface area contributed by atoms with Gasteiger partial charge in [-0.15, -0.1) is 0 Å². The molecular weight excluding hydrogens is 446 g/mol. The normalized spacial score (nSPS) is 26.6. The van der Waals surface area contributed by atoms with Gasteiger partial charge in [0.25, 0.3) is 0 Å². The van der Waals surface area contributed by atoms with Gasteiger partial charge in [-0.3, -0.25) is 4.79 Å². The lowest BCUT2D eigenvalue weighted by molar-refractivity contribution is -0.128. The molecular formula is C26H37N5O4. The molecule has 9 heteroatoms. The predicted octanol–water partition coefficient (Wildman–Crippen LogP) is 2.45. The molecule has 3 N–H and O–H groups in total. The van der Waals surface area contributed by atoms with Crippen molar-refractivity contribution in [3.05, 3.63) is 35.9 Å². The summed E-state index contributed by atoms with van der Waals surface area (Å²) in [6.45, 7) is 2.24. The lowest BCUT2D eigenvalue weighted by Gasteiger charge is -2.35. The summed E-state index contributed by atoms with van der Waals surface area (Å²) >= 11 is 0. The van der Waals surface area contributed by atoms with Gasteiger partial charge in [-0.05, 0) is 24.3 Å². The highest BCUT2D eigenvalue weighted by molar-refractivity contribution is 5.88. The van der Waals surface area contributed by atoms with Crippen LogP contribution in [0.2, 0.25) is 0 Å². The minimum absolute atomic E-state index is 0.272. The maximum Gasteiger partial charge on any atom is 0.318 e. The molecule has 35 heavy (non-hydrogen) atoms. The first-order valence-corrected chi connectivity index (χ1v) is 12.9. The Hall–Kier alpha value is -2.67. The smallest absolute Gasteiger partial charge is 0.318 e. The first-order valence-electron chi connectivity index (χ1n) is 12.9. The van der Waals surface area contributed by atoms with Gasteiger partial charge in [0.05, 0.1) is 25.3 Å². The molecule has 0 spiro atoms. The molecule has 0 radical (unpaired) electrons. The van der Waals surface area contributed by atoms with Crippen molar-refractivity contribution >= 4 is 11.9 Å². The average molecular weight is 484 g/mol. The van der Waals surface area contributed by atoms with Crippen molar-refractivity contribution in [2.75, 3.05) is 32.8 Å². The van der Waals surface area contributed by atoms with E-state index in [2.05, 4.69) is 16.7 Å². The van der Waals surface area contributed by atoms with Crippen LogP contribution in [0.3, 0.4) is 0 Å². The summed E-state index contributed by atoms with van der Waals surface area (Å²) in [6.07, 6.45) is 6.86. The Morgan fingerprint density at radius 1 is 1.14 bits per heavy atom. The van der Waals surface area contributed by atoms with Gasteiger partial charge in [-0.25, -0.2) is 4.79 Å². The van der Waals surface area contributed by atoms with Crippen molar-refractivity contribution in [2.45, 2.75) is 69.0 Å². The third-order valence-electron chi connectivity index (χ3n) is 7.69. The lowest BCUT2D eigenvalue weighted by Crippen LogP contribution is -2.61. The molecule has 9 nitrogen and oxygen atoms in total. The highest BCUT2D eigenvalue weighted by atomic mass is 16.5. The summed E-state index contributed by atoms with van der Waals surface area (Å²) in [6, 6.07) is 10.4. The fraction of sp³-hybridized carbons (Fsp3) is 0.654. The highest BCUT2D eigenvalue weighted by Crippen LogP contribution is 2.31. The van der Waals surface area contributed by atoms with Gasteiger partial charge in [0.15, 0.2) is 0 Å². The summed E-state index contributed by atoms with van der Waals surface area (Å²) < 4.78 is 5.35. The molecule has 2 heterocycles. The number of hydroxylamine groups is 2. The Morgan fingerprint density at radius 3 is 2.54 bits per heavy atom. The summed E-state index contributed by atoms with van der Waals surface area (Å²) in [5.74, 6) is 0.00709. The van der Waals surface area contributed by atoms with E-state index in [1.54, 1.807) is 4.90 Å². The van der Waals surface area contributed by atoms with Crippen molar-refractivity contribution < 1.29 is 19.5 Å². The molecule has 0 bridgehead atoms. The number of nitrogens with zero attached hydrogens (tertiary/aromatic N) is 3. The summed E-state index contributed by atoms with van der Waals surface area (Å²) in [5.41, 5.74) is -0.261.